The summed E-state index contributed by atoms with van der Waals surface area (Å²) in [4.78, 5) is 13.8. The molecule has 0 saturated heterocycles. The first-order chi connectivity index (χ1) is 18.2. The fourth-order valence-corrected chi connectivity index (χ4v) is 4.32. The Kier molecular flexibility index (Phi) is 6.63. The summed E-state index contributed by atoms with van der Waals surface area (Å²) >= 11 is 0. The molecule has 1 aromatic heterocycles. The van der Waals surface area contributed by atoms with Crippen molar-refractivity contribution in [2.45, 2.75) is 12.7 Å². The molecule has 0 unspecified atom stereocenters. The lowest BCUT2D eigenvalue weighted by molar-refractivity contribution is -0.136. The maximum absolute atomic E-state index is 13.8. The van der Waals surface area contributed by atoms with E-state index in [9.17, 15) is 18.0 Å². The second kappa shape index (κ2) is 10.0. The number of carbonyl (C=O) groups excluding carboxylic acids is 1. The monoisotopic (exact) mass is 515 g/mol. The van der Waals surface area contributed by atoms with Gasteiger partial charge in [-0.15, -0.1) is 0 Å². The van der Waals surface area contributed by atoms with Crippen molar-refractivity contribution < 1.29 is 22.7 Å². The zero-order valence-corrected chi connectivity index (χ0v) is 20.7. The molecular weight excluding hydrogens is 491 g/mol. The van der Waals surface area contributed by atoms with Crippen molar-refractivity contribution in [1.29, 1.82) is 0 Å². The predicted octanol–water partition coefficient (Wildman–Crippen LogP) is 7.26. The second-order valence-corrected chi connectivity index (χ2v) is 9.05. The number of nitrogens with zero attached hydrogens (tertiary/aromatic N) is 3. The minimum Gasteiger partial charge on any atom is -0.457 e. The number of benzene rings is 4. The Morgan fingerprint density at radius 1 is 0.868 bits per heavy atom. The molecule has 0 aliphatic carbocycles. The van der Waals surface area contributed by atoms with Crippen molar-refractivity contribution in [1.82, 2.24) is 14.7 Å². The number of hydrogen-bond donors (Lipinski definition) is 0. The molecule has 5 nitrogen and oxygen atoms in total. The Labute approximate surface area is 217 Å². The molecule has 1 amide bonds. The lowest BCUT2D eigenvalue weighted by atomic mass is 10.0. The molecule has 1 heterocycles. The first-order valence-electron chi connectivity index (χ1n) is 11.9. The number of amides is 1. The van der Waals surface area contributed by atoms with Gasteiger partial charge in [0.2, 0.25) is 0 Å². The number of carbonyl (C=O) groups is 1. The molecule has 0 aliphatic rings. The third-order valence-electron chi connectivity index (χ3n) is 6.10. The van der Waals surface area contributed by atoms with Crippen LogP contribution in [0.25, 0.3) is 22.2 Å². The molecule has 0 spiro atoms. The van der Waals surface area contributed by atoms with E-state index >= 15 is 0 Å². The molecule has 0 atom stereocenters. The number of ether oxygens (including phenoxy) is 1. The lowest BCUT2D eigenvalue weighted by Gasteiger charge is -2.12. The lowest BCUT2D eigenvalue weighted by Crippen LogP contribution is -2.21. The zero-order chi connectivity index (χ0) is 26.9. The molecule has 0 saturated carbocycles. The summed E-state index contributed by atoms with van der Waals surface area (Å²) in [5, 5.41) is 4.83. The molecule has 5 aromatic rings. The van der Waals surface area contributed by atoms with Crippen molar-refractivity contribution in [2.75, 3.05) is 14.1 Å². The van der Waals surface area contributed by atoms with Crippen molar-refractivity contribution in [3.05, 3.63) is 114 Å². The maximum atomic E-state index is 13.8. The minimum absolute atomic E-state index is 0.0892. The molecule has 0 radical (unpaired) electrons. The first-order valence-corrected chi connectivity index (χ1v) is 11.9. The molecule has 0 aliphatic heterocycles. The number of alkyl halides is 3. The van der Waals surface area contributed by atoms with Gasteiger partial charge in [-0.3, -0.25) is 9.48 Å². The molecular formula is C30H24F3N3O2. The summed E-state index contributed by atoms with van der Waals surface area (Å²) in [6.07, 6.45) is -4.52. The van der Waals surface area contributed by atoms with E-state index < -0.39 is 11.7 Å². The Morgan fingerprint density at radius 3 is 2.26 bits per heavy atom. The number of fused-ring (bicyclic) bond motifs is 1. The van der Waals surface area contributed by atoms with E-state index in [0.717, 1.165) is 11.6 Å². The molecule has 0 bridgehead atoms. The van der Waals surface area contributed by atoms with Crippen LogP contribution in [0.3, 0.4) is 0 Å². The number of aromatic nitrogens is 2. The van der Waals surface area contributed by atoms with Crippen molar-refractivity contribution in [3.63, 3.8) is 0 Å². The summed E-state index contributed by atoms with van der Waals surface area (Å²) in [6.45, 7) is 0.313. The smallest absolute Gasteiger partial charge is 0.418 e. The van der Waals surface area contributed by atoms with E-state index in [0.29, 0.717) is 40.3 Å². The van der Waals surface area contributed by atoms with Crippen LogP contribution in [0.4, 0.5) is 13.2 Å². The van der Waals surface area contributed by atoms with Gasteiger partial charge in [0, 0.05) is 30.6 Å². The highest BCUT2D eigenvalue weighted by Gasteiger charge is 2.34. The fourth-order valence-electron chi connectivity index (χ4n) is 4.32. The molecule has 5 rings (SSSR count). The molecule has 0 N–H and O–H groups in total. The first kappa shape index (κ1) is 25.1. The zero-order valence-electron chi connectivity index (χ0n) is 20.7. The van der Waals surface area contributed by atoms with Crippen molar-refractivity contribution in [3.8, 4) is 22.8 Å². The van der Waals surface area contributed by atoms with Crippen LogP contribution in [0, 0.1) is 0 Å². The topological polar surface area (TPSA) is 47.4 Å². The van der Waals surface area contributed by atoms with Gasteiger partial charge in [-0.2, -0.15) is 18.3 Å². The summed E-state index contributed by atoms with van der Waals surface area (Å²) in [5.41, 5.74) is 1.85. The van der Waals surface area contributed by atoms with E-state index in [1.54, 1.807) is 73.4 Å². The highest BCUT2D eigenvalue weighted by Crippen LogP contribution is 2.38. The Hall–Kier alpha value is -4.59. The molecule has 8 heteroatoms. The average molecular weight is 516 g/mol. The van der Waals surface area contributed by atoms with Crippen LogP contribution in [0.1, 0.15) is 21.5 Å². The van der Waals surface area contributed by atoms with Gasteiger partial charge in [0.25, 0.3) is 5.91 Å². The van der Waals surface area contributed by atoms with Crippen LogP contribution in [-0.2, 0) is 12.7 Å². The van der Waals surface area contributed by atoms with Gasteiger partial charge in [0.05, 0.1) is 17.8 Å². The van der Waals surface area contributed by atoms with Crippen LogP contribution >= 0.6 is 0 Å². The minimum atomic E-state index is -4.52. The highest BCUT2D eigenvalue weighted by atomic mass is 19.4. The Morgan fingerprint density at radius 2 is 1.58 bits per heavy atom. The van der Waals surface area contributed by atoms with Gasteiger partial charge >= 0.3 is 6.18 Å². The number of halogens is 3. The van der Waals surface area contributed by atoms with Gasteiger partial charge in [0.1, 0.15) is 17.0 Å². The number of hydrogen-bond acceptors (Lipinski definition) is 3. The normalized spacial score (nSPS) is 11.5. The van der Waals surface area contributed by atoms with Crippen molar-refractivity contribution in [2.24, 2.45) is 0 Å². The Balaban J connectivity index is 1.52. The summed E-state index contributed by atoms with van der Waals surface area (Å²) in [5.74, 6) is 0.889. The van der Waals surface area contributed by atoms with E-state index in [1.807, 2.05) is 30.3 Å². The largest absolute Gasteiger partial charge is 0.457 e. The quantitative estimate of drug-likeness (QED) is 0.239. The SMILES string of the molecule is CN(C)C(=O)c1cccc(Oc2ccc(-c3c4cccc(C(F)(F)F)c4nn3Cc3ccccc3)cc2)c1. The summed E-state index contributed by atoms with van der Waals surface area (Å²) in [6, 6.07) is 27.5. The van der Waals surface area contributed by atoms with Crippen LogP contribution < -0.4 is 4.74 Å². The van der Waals surface area contributed by atoms with E-state index in [2.05, 4.69) is 5.10 Å². The fraction of sp³-hybridized carbons (Fsp3) is 0.133. The maximum Gasteiger partial charge on any atom is 0.418 e. The summed E-state index contributed by atoms with van der Waals surface area (Å²) < 4.78 is 48.9. The highest BCUT2D eigenvalue weighted by molar-refractivity contribution is 5.95. The van der Waals surface area contributed by atoms with Crippen LogP contribution in [0.2, 0.25) is 0 Å². The third-order valence-corrected chi connectivity index (χ3v) is 6.10. The van der Waals surface area contributed by atoms with E-state index in [1.165, 1.54) is 11.0 Å². The molecule has 38 heavy (non-hydrogen) atoms. The predicted molar refractivity (Wildman–Crippen MR) is 140 cm³/mol. The molecule has 0 fully saturated rings. The van der Waals surface area contributed by atoms with E-state index in [4.69, 9.17) is 4.74 Å². The average Bonchev–Trinajstić information content (AvgIpc) is 3.26. The van der Waals surface area contributed by atoms with Gasteiger partial charge in [-0.1, -0.05) is 48.5 Å². The molecule has 4 aromatic carbocycles. The third kappa shape index (κ3) is 5.11. The number of rotatable bonds is 6. The van der Waals surface area contributed by atoms with Crippen LogP contribution in [-0.4, -0.2) is 34.7 Å². The van der Waals surface area contributed by atoms with E-state index in [-0.39, 0.29) is 11.4 Å². The van der Waals surface area contributed by atoms with Gasteiger partial charge in [-0.05, 0) is 54.1 Å². The van der Waals surface area contributed by atoms with Crippen molar-refractivity contribution >= 4 is 16.8 Å². The Bertz CT molecular complexity index is 1590. The van der Waals surface area contributed by atoms with Gasteiger partial charge in [0.15, 0.2) is 0 Å². The van der Waals surface area contributed by atoms with Crippen LogP contribution in [0.5, 0.6) is 11.5 Å². The summed E-state index contributed by atoms with van der Waals surface area (Å²) in [7, 11) is 3.36. The molecule has 192 valence electrons. The van der Waals surface area contributed by atoms with Crippen LogP contribution in [0.15, 0.2) is 97.1 Å². The standard InChI is InChI=1S/C30H24F3N3O2/c1-35(2)29(37)22-10-6-11-24(18-22)38-23-16-14-21(15-17-23)28-25-12-7-13-26(30(31,32)33)27(25)34-36(28)19-20-8-4-3-5-9-20/h3-18H,19H2,1-2H3. The van der Waals surface area contributed by atoms with Gasteiger partial charge < -0.3 is 9.64 Å². The second-order valence-electron chi connectivity index (χ2n) is 9.05. The van der Waals surface area contributed by atoms with Gasteiger partial charge in [-0.25, -0.2) is 0 Å².